The van der Waals surface area contributed by atoms with E-state index in [2.05, 4.69) is 25.8 Å². The molecule has 1 fully saturated rings. The molecule has 17 heavy (non-hydrogen) atoms. The Bertz CT molecular complexity index is 385. The molecule has 1 aliphatic heterocycles. The van der Waals surface area contributed by atoms with E-state index in [1.807, 2.05) is 6.07 Å². The number of halogens is 3. The van der Waals surface area contributed by atoms with Crippen molar-refractivity contribution in [2.75, 3.05) is 23.9 Å². The molecule has 1 aromatic rings. The number of rotatable bonds is 3. The standard InChI is InChI=1S/C12H15BrCl2N2/c13-11-6-10(15)7-16-12(11)17-5-1-2-9(8-17)3-4-14/h6-7,9H,1-5,8H2. The van der Waals surface area contributed by atoms with E-state index in [1.54, 1.807) is 6.20 Å². The lowest BCUT2D eigenvalue weighted by Crippen LogP contribution is -2.36. The molecule has 0 N–H and O–H groups in total. The maximum atomic E-state index is 5.91. The molecule has 1 atom stereocenters. The zero-order chi connectivity index (χ0) is 12.3. The van der Waals surface area contributed by atoms with Gasteiger partial charge in [-0.25, -0.2) is 4.98 Å². The van der Waals surface area contributed by atoms with Crippen LogP contribution < -0.4 is 4.90 Å². The molecule has 2 rings (SSSR count). The van der Waals surface area contributed by atoms with E-state index >= 15 is 0 Å². The molecule has 2 heterocycles. The van der Waals surface area contributed by atoms with Crippen LogP contribution in [0.2, 0.25) is 5.02 Å². The van der Waals surface area contributed by atoms with Gasteiger partial charge in [0.15, 0.2) is 0 Å². The summed E-state index contributed by atoms with van der Waals surface area (Å²) in [6, 6.07) is 1.90. The minimum Gasteiger partial charge on any atom is -0.355 e. The molecule has 2 nitrogen and oxygen atoms in total. The van der Waals surface area contributed by atoms with Crippen LogP contribution in [0.5, 0.6) is 0 Å². The Morgan fingerprint density at radius 3 is 3.06 bits per heavy atom. The quantitative estimate of drug-likeness (QED) is 0.762. The fraction of sp³-hybridized carbons (Fsp3) is 0.583. The molecule has 94 valence electrons. The predicted octanol–water partition coefficient (Wildman–Crippen LogP) is 4.34. The van der Waals surface area contributed by atoms with Crippen molar-refractivity contribution in [1.29, 1.82) is 0 Å². The second-order valence-corrected chi connectivity index (χ2v) is 6.06. The lowest BCUT2D eigenvalue weighted by atomic mass is 9.95. The number of pyridine rings is 1. The van der Waals surface area contributed by atoms with Crippen LogP contribution in [-0.2, 0) is 0 Å². The van der Waals surface area contributed by atoms with Crippen molar-refractivity contribution in [3.05, 3.63) is 21.8 Å². The maximum absolute atomic E-state index is 5.91. The molecule has 1 saturated heterocycles. The molecule has 0 aliphatic carbocycles. The third kappa shape index (κ3) is 3.49. The monoisotopic (exact) mass is 336 g/mol. The summed E-state index contributed by atoms with van der Waals surface area (Å²) in [5.74, 6) is 2.42. The summed E-state index contributed by atoms with van der Waals surface area (Å²) >= 11 is 15.3. The van der Waals surface area contributed by atoms with Gasteiger partial charge in [-0.15, -0.1) is 11.6 Å². The van der Waals surface area contributed by atoms with Gasteiger partial charge in [0.25, 0.3) is 0 Å². The lowest BCUT2D eigenvalue weighted by Gasteiger charge is -2.33. The molecule has 0 amide bonds. The third-order valence-electron chi connectivity index (χ3n) is 3.12. The molecule has 0 radical (unpaired) electrons. The number of aromatic nitrogens is 1. The first-order valence-electron chi connectivity index (χ1n) is 5.82. The zero-order valence-corrected chi connectivity index (χ0v) is 12.6. The Hall–Kier alpha value is 0.01000. The average Bonchev–Trinajstić information content (AvgIpc) is 2.29. The van der Waals surface area contributed by atoms with Gasteiger partial charge in [0.05, 0.1) is 9.50 Å². The van der Waals surface area contributed by atoms with Gasteiger partial charge < -0.3 is 4.90 Å². The van der Waals surface area contributed by atoms with Gasteiger partial charge in [0.2, 0.25) is 0 Å². The summed E-state index contributed by atoms with van der Waals surface area (Å²) in [7, 11) is 0. The molecule has 0 bridgehead atoms. The summed E-state index contributed by atoms with van der Waals surface area (Å²) in [5, 5.41) is 0.662. The number of nitrogens with zero attached hydrogens (tertiary/aromatic N) is 2. The van der Waals surface area contributed by atoms with Gasteiger partial charge in [-0.2, -0.15) is 0 Å². The molecule has 0 aromatic carbocycles. The van der Waals surface area contributed by atoms with Gasteiger partial charge in [-0.05, 0) is 47.2 Å². The van der Waals surface area contributed by atoms with Crippen LogP contribution in [0.3, 0.4) is 0 Å². The third-order valence-corrected chi connectivity index (χ3v) is 4.13. The van der Waals surface area contributed by atoms with E-state index in [4.69, 9.17) is 23.2 Å². The van der Waals surface area contributed by atoms with Gasteiger partial charge in [-0.3, -0.25) is 0 Å². The highest BCUT2D eigenvalue weighted by Gasteiger charge is 2.21. The van der Waals surface area contributed by atoms with Crippen molar-refractivity contribution in [2.45, 2.75) is 19.3 Å². The van der Waals surface area contributed by atoms with Crippen LogP contribution in [0, 0.1) is 5.92 Å². The zero-order valence-electron chi connectivity index (χ0n) is 9.50. The van der Waals surface area contributed by atoms with Crippen molar-refractivity contribution < 1.29 is 0 Å². The molecule has 0 spiro atoms. The summed E-state index contributed by atoms with van der Waals surface area (Å²) < 4.78 is 0.969. The first-order chi connectivity index (χ1) is 8.20. The van der Waals surface area contributed by atoms with Crippen molar-refractivity contribution in [3.8, 4) is 0 Å². The van der Waals surface area contributed by atoms with Crippen LogP contribution in [0.25, 0.3) is 0 Å². The van der Waals surface area contributed by atoms with E-state index in [0.717, 1.165) is 35.7 Å². The second kappa shape index (κ2) is 6.26. The van der Waals surface area contributed by atoms with E-state index in [0.29, 0.717) is 10.9 Å². The van der Waals surface area contributed by atoms with E-state index in [1.165, 1.54) is 12.8 Å². The van der Waals surface area contributed by atoms with Crippen LogP contribution in [0.15, 0.2) is 16.7 Å². The normalized spacial score (nSPS) is 20.6. The molecule has 1 aliphatic rings. The summed E-state index contributed by atoms with van der Waals surface area (Å²) in [6.45, 7) is 2.10. The summed E-state index contributed by atoms with van der Waals surface area (Å²) in [6.07, 6.45) is 5.27. The smallest absolute Gasteiger partial charge is 0.142 e. The number of hydrogen-bond donors (Lipinski definition) is 0. The summed E-state index contributed by atoms with van der Waals surface area (Å²) in [4.78, 5) is 6.73. The number of alkyl halides is 1. The fourth-order valence-corrected chi connectivity index (χ4v) is 3.49. The number of anilines is 1. The minimum absolute atomic E-state index is 0.662. The van der Waals surface area contributed by atoms with E-state index < -0.39 is 0 Å². The number of piperidine rings is 1. The van der Waals surface area contributed by atoms with E-state index in [9.17, 15) is 0 Å². The molecular weight excluding hydrogens is 323 g/mol. The molecule has 1 unspecified atom stereocenters. The molecule has 1 aromatic heterocycles. The molecule has 5 heteroatoms. The first-order valence-corrected chi connectivity index (χ1v) is 7.53. The molecule has 0 saturated carbocycles. The van der Waals surface area contributed by atoms with Gasteiger partial charge in [-0.1, -0.05) is 11.6 Å². The van der Waals surface area contributed by atoms with E-state index in [-0.39, 0.29) is 0 Å². The Balaban J connectivity index is 2.10. The van der Waals surface area contributed by atoms with Crippen molar-refractivity contribution >= 4 is 44.9 Å². The van der Waals surface area contributed by atoms with Gasteiger partial charge in [0.1, 0.15) is 5.82 Å². The Kier molecular flexibility index (Phi) is 4.95. The Morgan fingerprint density at radius 1 is 1.53 bits per heavy atom. The Morgan fingerprint density at radius 2 is 2.35 bits per heavy atom. The van der Waals surface area contributed by atoms with Crippen LogP contribution in [-0.4, -0.2) is 24.0 Å². The van der Waals surface area contributed by atoms with Crippen molar-refractivity contribution in [2.24, 2.45) is 5.92 Å². The maximum Gasteiger partial charge on any atom is 0.142 e. The summed E-state index contributed by atoms with van der Waals surface area (Å²) in [5.41, 5.74) is 0. The van der Waals surface area contributed by atoms with Crippen LogP contribution >= 0.6 is 39.1 Å². The SMILES string of the molecule is ClCCC1CCCN(c2ncc(Cl)cc2Br)C1. The first kappa shape index (κ1) is 13.4. The minimum atomic E-state index is 0.662. The second-order valence-electron chi connectivity index (χ2n) is 4.39. The highest BCUT2D eigenvalue weighted by Crippen LogP contribution is 2.30. The van der Waals surface area contributed by atoms with Crippen LogP contribution in [0.4, 0.5) is 5.82 Å². The van der Waals surface area contributed by atoms with Crippen LogP contribution in [0.1, 0.15) is 19.3 Å². The van der Waals surface area contributed by atoms with Gasteiger partial charge in [0, 0.05) is 25.2 Å². The topological polar surface area (TPSA) is 16.1 Å². The average molecular weight is 338 g/mol. The largest absolute Gasteiger partial charge is 0.355 e. The molecular formula is C12H15BrCl2N2. The fourth-order valence-electron chi connectivity index (χ4n) is 2.29. The Labute approximate surface area is 120 Å². The van der Waals surface area contributed by atoms with Gasteiger partial charge >= 0.3 is 0 Å². The highest BCUT2D eigenvalue weighted by molar-refractivity contribution is 9.10. The van der Waals surface area contributed by atoms with Crippen molar-refractivity contribution in [1.82, 2.24) is 4.98 Å². The lowest BCUT2D eigenvalue weighted by molar-refractivity contribution is 0.404. The van der Waals surface area contributed by atoms with Crippen molar-refractivity contribution in [3.63, 3.8) is 0 Å². The number of hydrogen-bond acceptors (Lipinski definition) is 2. The highest BCUT2D eigenvalue weighted by atomic mass is 79.9. The predicted molar refractivity (Wildman–Crippen MR) is 77.2 cm³/mol.